The second kappa shape index (κ2) is 6.83. The van der Waals surface area contributed by atoms with Crippen LogP contribution >= 0.6 is 12.4 Å². The summed E-state index contributed by atoms with van der Waals surface area (Å²) >= 11 is 0. The van der Waals surface area contributed by atoms with Crippen LogP contribution in [0.25, 0.3) is 0 Å². The standard InChI is InChI=1S/C6H14N2O.ClH/c1-2-5(7)3-4-6(8)9;/h5H,2-4,7H2,1H3,(H2,8,9);1H. The Labute approximate surface area is 67.6 Å². The minimum Gasteiger partial charge on any atom is -0.370 e. The van der Waals surface area contributed by atoms with Gasteiger partial charge in [0, 0.05) is 12.5 Å². The lowest BCUT2D eigenvalue weighted by atomic mass is 10.1. The Hall–Kier alpha value is -0.280. The molecule has 0 bridgehead atoms. The molecule has 0 saturated carbocycles. The van der Waals surface area contributed by atoms with Crippen molar-refractivity contribution in [3.8, 4) is 0 Å². The number of primary amides is 1. The third kappa shape index (κ3) is 7.72. The lowest BCUT2D eigenvalue weighted by molar-refractivity contribution is -0.118. The van der Waals surface area contributed by atoms with Crippen molar-refractivity contribution in [2.75, 3.05) is 0 Å². The van der Waals surface area contributed by atoms with Gasteiger partial charge in [-0.1, -0.05) is 6.92 Å². The summed E-state index contributed by atoms with van der Waals surface area (Å²) in [6, 6.07) is 0.137. The second-order valence-electron chi connectivity index (χ2n) is 2.17. The van der Waals surface area contributed by atoms with Crippen LogP contribution < -0.4 is 11.5 Å². The molecule has 4 heteroatoms. The summed E-state index contributed by atoms with van der Waals surface area (Å²) in [6.07, 6.45) is 2.04. The van der Waals surface area contributed by atoms with E-state index in [9.17, 15) is 4.79 Å². The van der Waals surface area contributed by atoms with Crippen molar-refractivity contribution in [1.29, 1.82) is 0 Å². The van der Waals surface area contributed by atoms with E-state index in [4.69, 9.17) is 11.5 Å². The van der Waals surface area contributed by atoms with E-state index in [1.807, 2.05) is 6.92 Å². The Morgan fingerprint density at radius 1 is 1.60 bits per heavy atom. The summed E-state index contributed by atoms with van der Waals surface area (Å²) in [6.45, 7) is 1.99. The summed E-state index contributed by atoms with van der Waals surface area (Å²) < 4.78 is 0. The molecule has 10 heavy (non-hydrogen) atoms. The van der Waals surface area contributed by atoms with Gasteiger partial charge < -0.3 is 11.5 Å². The van der Waals surface area contributed by atoms with Gasteiger partial charge in [-0.15, -0.1) is 12.4 Å². The zero-order valence-electron chi connectivity index (χ0n) is 6.17. The van der Waals surface area contributed by atoms with E-state index in [0.717, 1.165) is 6.42 Å². The third-order valence-corrected chi connectivity index (χ3v) is 1.29. The van der Waals surface area contributed by atoms with Crippen molar-refractivity contribution in [3.63, 3.8) is 0 Å². The number of rotatable bonds is 4. The molecule has 0 aliphatic heterocycles. The zero-order valence-corrected chi connectivity index (χ0v) is 6.99. The van der Waals surface area contributed by atoms with Crippen molar-refractivity contribution in [1.82, 2.24) is 0 Å². The van der Waals surface area contributed by atoms with Crippen LogP contribution in [-0.2, 0) is 4.79 Å². The Bertz CT molecular complexity index is 97.7. The number of halogens is 1. The number of hydrogen-bond acceptors (Lipinski definition) is 2. The first-order valence-corrected chi connectivity index (χ1v) is 3.20. The Balaban J connectivity index is 0. The highest BCUT2D eigenvalue weighted by molar-refractivity contribution is 5.85. The summed E-state index contributed by atoms with van der Waals surface area (Å²) in [4.78, 5) is 10.2. The summed E-state index contributed by atoms with van der Waals surface area (Å²) in [5.74, 6) is -0.265. The lowest BCUT2D eigenvalue weighted by Gasteiger charge is -2.04. The van der Waals surface area contributed by atoms with Crippen LogP contribution in [-0.4, -0.2) is 11.9 Å². The number of amides is 1. The number of nitrogens with two attached hydrogens (primary N) is 2. The van der Waals surface area contributed by atoms with E-state index in [1.54, 1.807) is 0 Å². The van der Waals surface area contributed by atoms with E-state index in [1.165, 1.54) is 0 Å². The van der Waals surface area contributed by atoms with Gasteiger partial charge in [-0.25, -0.2) is 0 Å². The predicted molar refractivity (Wildman–Crippen MR) is 43.9 cm³/mol. The van der Waals surface area contributed by atoms with Crippen molar-refractivity contribution in [2.45, 2.75) is 32.2 Å². The minimum absolute atomic E-state index is 0. The smallest absolute Gasteiger partial charge is 0.217 e. The van der Waals surface area contributed by atoms with Crippen molar-refractivity contribution < 1.29 is 4.79 Å². The van der Waals surface area contributed by atoms with Crippen LogP contribution in [0.1, 0.15) is 26.2 Å². The largest absolute Gasteiger partial charge is 0.370 e. The summed E-state index contributed by atoms with van der Waals surface area (Å²) in [5, 5.41) is 0. The van der Waals surface area contributed by atoms with Gasteiger partial charge in [-0.2, -0.15) is 0 Å². The van der Waals surface area contributed by atoms with E-state index in [2.05, 4.69) is 0 Å². The highest BCUT2D eigenvalue weighted by Gasteiger charge is 2.00. The van der Waals surface area contributed by atoms with Crippen LogP contribution in [0.5, 0.6) is 0 Å². The highest BCUT2D eigenvalue weighted by Crippen LogP contribution is 1.96. The molecule has 0 spiro atoms. The average molecular weight is 167 g/mol. The van der Waals surface area contributed by atoms with Gasteiger partial charge in [-0.05, 0) is 12.8 Å². The Kier molecular flexibility index (Phi) is 8.48. The van der Waals surface area contributed by atoms with E-state index < -0.39 is 0 Å². The third-order valence-electron chi connectivity index (χ3n) is 1.29. The molecule has 0 aliphatic rings. The molecule has 0 radical (unpaired) electrons. The number of carbonyl (C=O) groups is 1. The Morgan fingerprint density at radius 3 is 2.40 bits per heavy atom. The normalized spacial score (nSPS) is 11.8. The van der Waals surface area contributed by atoms with Gasteiger partial charge in [-0.3, -0.25) is 4.79 Å². The number of carbonyl (C=O) groups excluding carboxylic acids is 1. The molecule has 62 valence electrons. The quantitative estimate of drug-likeness (QED) is 0.635. The van der Waals surface area contributed by atoms with Gasteiger partial charge in [0.15, 0.2) is 0 Å². The first-order valence-electron chi connectivity index (χ1n) is 3.20. The molecule has 0 heterocycles. The lowest BCUT2D eigenvalue weighted by Crippen LogP contribution is -2.21. The summed E-state index contributed by atoms with van der Waals surface area (Å²) in [7, 11) is 0. The van der Waals surface area contributed by atoms with E-state index in [0.29, 0.717) is 12.8 Å². The molecule has 4 N–H and O–H groups in total. The fourth-order valence-electron chi connectivity index (χ4n) is 0.532. The van der Waals surface area contributed by atoms with Crippen LogP contribution in [0.2, 0.25) is 0 Å². The topological polar surface area (TPSA) is 69.1 Å². The van der Waals surface area contributed by atoms with Gasteiger partial charge in [0.05, 0.1) is 0 Å². The molecule has 1 unspecified atom stereocenters. The first-order chi connectivity index (χ1) is 4.16. The van der Waals surface area contributed by atoms with Crippen LogP contribution in [0.3, 0.4) is 0 Å². The van der Waals surface area contributed by atoms with Gasteiger partial charge in [0.2, 0.25) is 5.91 Å². The molecule has 0 aliphatic carbocycles. The zero-order chi connectivity index (χ0) is 7.28. The van der Waals surface area contributed by atoms with Crippen molar-refractivity contribution >= 4 is 18.3 Å². The van der Waals surface area contributed by atoms with E-state index >= 15 is 0 Å². The van der Waals surface area contributed by atoms with Gasteiger partial charge in [0.25, 0.3) is 0 Å². The fraction of sp³-hybridized carbons (Fsp3) is 0.833. The molecule has 0 fully saturated rings. The van der Waals surface area contributed by atoms with Gasteiger partial charge >= 0.3 is 0 Å². The molecule has 1 atom stereocenters. The molecule has 1 amide bonds. The molecule has 0 aromatic heterocycles. The minimum atomic E-state index is -0.265. The van der Waals surface area contributed by atoms with Gasteiger partial charge in [0.1, 0.15) is 0 Å². The van der Waals surface area contributed by atoms with E-state index in [-0.39, 0.29) is 24.4 Å². The second-order valence-corrected chi connectivity index (χ2v) is 2.17. The highest BCUT2D eigenvalue weighted by atomic mass is 35.5. The molecule has 3 nitrogen and oxygen atoms in total. The molecule has 0 aromatic rings. The molecule has 0 aromatic carbocycles. The maximum absolute atomic E-state index is 10.2. The fourth-order valence-corrected chi connectivity index (χ4v) is 0.532. The van der Waals surface area contributed by atoms with Crippen LogP contribution in [0.15, 0.2) is 0 Å². The maximum Gasteiger partial charge on any atom is 0.217 e. The predicted octanol–water partition coefficient (Wildman–Crippen LogP) is 0.411. The Morgan fingerprint density at radius 2 is 2.10 bits per heavy atom. The number of hydrogen-bond donors (Lipinski definition) is 2. The molecule has 0 saturated heterocycles. The molecular formula is C6H15ClN2O. The SMILES string of the molecule is CCC(N)CCC(N)=O.Cl. The van der Waals surface area contributed by atoms with Crippen LogP contribution in [0, 0.1) is 0 Å². The maximum atomic E-state index is 10.2. The van der Waals surface area contributed by atoms with Crippen molar-refractivity contribution in [3.05, 3.63) is 0 Å². The first kappa shape index (κ1) is 12.4. The summed E-state index contributed by atoms with van der Waals surface area (Å²) in [5.41, 5.74) is 10.4. The molecular weight excluding hydrogens is 152 g/mol. The molecule has 0 rings (SSSR count). The van der Waals surface area contributed by atoms with Crippen molar-refractivity contribution in [2.24, 2.45) is 11.5 Å². The van der Waals surface area contributed by atoms with Crippen LogP contribution in [0.4, 0.5) is 0 Å². The monoisotopic (exact) mass is 166 g/mol. The average Bonchev–Trinajstić information content (AvgIpc) is 1.83.